The fraction of sp³-hybridized carbons (Fsp3) is 0.400. The maximum absolute atomic E-state index is 5.86. The van der Waals surface area contributed by atoms with Crippen molar-refractivity contribution in [2.75, 3.05) is 13.2 Å². The van der Waals surface area contributed by atoms with Crippen molar-refractivity contribution in [3.63, 3.8) is 0 Å². The number of para-hydroxylation sites is 1. The predicted molar refractivity (Wildman–Crippen MR) is 91.5 cm³/mol. The second kappa shape index (κ2) is 6.53. The molecule has 2 heteroatoms. The molecule has 0 spiro atoms. The first-order valence-corrected chi connectivity index (χ1v) is 8.11. The van der Waals surface area contributed by atoms with Crippen molar-refractivity contribution in [2.24, 2.45) is 5.92 Å². The average Bonchev–Trinajstić information content (AvgIpc) is 2.49. The summed E-state index contributed by atoms with van der Waals surface area (Å²) in [6, 6.07) is 12.9. The van der Waals surface area contributed by atoms with Gasteiger partial charge < -0.3 is 10.1 Å². The molecule has 1 heterocycles. The van der Waals surface area contributed by atoms with Gasteiger partial charge in [0.25, 0.3) is 0 Å². The first kappa shape index (κ1) is 15.1. The van der Waals surface area contributed by atoms with Gasteiger partial charge in [-0.2, -0.15) is 0 Å². The van der Waals surface area contributed by atoms with Crippen molar-refractivity contribution in [2.45, 2.75) is 33.7 Å². The molecule has 3 rings (SSSR count). The summed E-state index contributed by atoms with van der Waals surface area (Å²) in [5, 5.41) is 3.62. The molecule has 2 nitrogen and oxygen atoms in total. The Bertz CT molecular complexity index is 640. The highest BCUT2D eigenvalue weighted by Gasteiger charge is 2.19. The first-order chi connectivity index (χ1) is 10.6. The number of hydrogen-bond donors (Lipinski definition) is 1. The summed E-state index contributed by atoms with van der Waals surface area (Å²) >= 11 is 0. The Hall–Kier alpha value is -1.80. The third kappa shape index (κ3) is 3.33. The summed E-state index contributed by atoms with van der Waals surface area (Å²) in [5.41, 5.74) is 6.88. The van der Waals surface area contributed by atoms with Gasteiger partial charge in [0.15, 0.2) is 0 Å². The molecule has 0 saturated carbocycles. The molecule has 2 aromatic rings. The Kier molecular flexibility index (Phi) is 4.49. The number of rotatable bonds is 4. The second-order valence-electron chi connectivity index (χ2n) is 6.50. The van der Waals surface area contributed by atoms with Gasteiger partial charge in [0, 0.05) is 19.0 Å². The third-order valence-electron chi connectivity index (χ3n) is 4.53. The fourth-order valence-corrected chi connectivity index (χ4v) is 3.41. The zero-order valence-corrected chi connectivity index (χ0v) is 13.8. The van der Waals surface area contributed by atoms with Crippen LogP contribution >= 0.6 is 0 Å². The molecule has 0 saturated heterocycles. The van der Waals surface area contributed by atoms with Crippen LogP contribution in [-0.4, -0.2) is 13.2 Å². The van der Waals surface area contributed by atoms with Crippen LogP contribution < -0.4 is 10.1 Å². The molecule has 0 aromatic heterocycles. The maximum Gasteiger partial charge on any atom is 0.122 e. The van der Waals surface area contributed by atoms with Gasteiger partial charge in [0.1, 0.15) is 5.75 Å². The van der Waals surface area contributed by atoms with E-state index in [0.717, 1.165) is 31.9 Å². The quantitative estimate of drug-likeness (QED) is 0.922. The van der Waals surface area contributed by atoms with Crippen LogP contribution in [0.2, 0.25) is 0 Å². The highest BCUT2D eigenvalue weighted by atomic mass is 16.5. The zero-order valence-electron chi connectivity index (χ0n) is 13.8. The minimum absolute atomic E-state index is 0.556. The van der Waals surface area contributed by atoms with Gasteiger partial charge in [-0.15, -0.1) is 0 Å². The van der Waals surface area contributed by atoms with Crippen LogP contribution in [0.1, 0.15) is 27.8 Å². The molecule has 22 heavy (non-hydrogen) atoms. The molecule has 1 atom stereocenters. The molecule has 2 aromatic carbocycles. The topological polar surface area (TPSA) is 21.3 Å². The second-order valence-corrected chi connectivity index (χ2v) is 6.50. The summed E-state index contributed by atoms with van der Waals surface area (Å²) in [5.74, 6) is 1.62. The van der Waals surface area contributed by atoms with E-state index in [1.54, 1.807) is 0 Å². The van der Waals surface area contributed by atoms with Crippen LogP contribution in [0.15, 0.2) is 36.4 Å². The number of hydrogen-bond acceptors (Lipinski definition) is 2. The number of fused-ring (bicyclic) bond motifs is 1. The first-order valence-electron chi connectivity index (χ1n) is 8.11. The van der Waals surface area contributed by atoms with E-state index in [2.05, 4.69) is 56.4 Å². The summed E-state index contributed by atoms with van der Waals surface area (Å²) in [7, 11) is 0. The minimum Gasteiger partial charge on any atom is -0.493 e. The van der Waals surface area contributed by atoms with Crippen molar-refractivity contribution in [1.82, 2.24) is 5.32 Å². The van der Waals surface area contributed by atoms with E-state index in [1.807, 2.05) is 6.07 Å². The van der Waals surface area contributed by atoms with Gasteiger partial charge in [0.2, 0.25) is 0 Å². The van der Waals surface area contributed by atoms with Crippen molar-refractivity contribution in [3.8, 4) is 5.75 Å². The summed E-state index contributed by atoms with van der Waals surface area (Å²) in [6.07, 6.45) is 1.11. The van der Waals surface area contributed by atoms with Crippen molar-refractivity contribution in [3.05, 3.63) is 64.2 Å². The molecule has 0 amide bonds. The summed E-state index contributed by atoms with van der Waals surface area (Å²) in [4.78, 5) is 0. The number of aryl methyl sites for hydroxylation is 3. The molecule has 0 fully saturated rings. The molecule has 0 radical (unpaired) electrons. The highest BCUT2D eigenvalue weighted by molar-refractivity contribution is 5.37. The van der Waals surface area contributed by atoms with Crippen molar-refractivity contribution < 1.29 is 4.74 Å². The van der Waals surface area contributed by atoms with Crippen LogP contribution in [-0.2, 0) is 13.0 Å². The molecule has 1 N–H and O–H groups in total. The molecule has 1 unspecified atom stereocenters. The monoisotopic (exact) mass is 295 g/mol. The SMILES string of the molecule is Cc1cc(C)c(CNCC2COc3ccccc3C2)c(C)c1. The Labute approximate surface area is 133 Å². The van der Waals surface area contributed by atoms with E-state index in [4.69, 9.17) is 4.74 Å². The van der Waals surface area contributed by atoms with E-state index < -0.39 is 0 Å². The van der Waals surface area contributed by atoms with E-state index in [-0.39, 0.29) is 0 Å². The third-order valence-corrected chi connectivity index (χ3v) is 4.53. The zero-order chi connectivity index (χ0) is 15.5. The van der Waals surface area contributed by atoms with Gasteiger partial charge in [-0.05, 0) is 55.5 Å². The lowest BCUT2D eigenvalue weighted by atomic mass is 9.96. The fourth-order valence-electron chi connectivity index (χ4n) is 3.41. The normalized spacial score (nSPS) is 17.0. The number of ether oxygens (including phenoxy) is 1. The molecular weight excluding hydrogens is 270 g/mol. The molecule has 116 valence electrons. The smallest absolute Gasteiger partial charge is 0.122 e. The van der Waals surface area contributed by atoms with Gasteiger partial charge in [0.05, 0.1) is 6.61 Å². The van der Waals surface area contributed by atoms with E-state index in [9.17, 15) is 0 Å². The van der Waals surface area contributed by atoms with Crippen LogP contribution in [0.3, 0.4) is 0 Å². The van der Waals surface area contributed by atoms with Gasteiger partial charge >= 0.3 is 0 Å². The predicted octanol–water partition coefficient (Wildman–Crippen LogP) is 3.95. The van der Waals surface area contributed by atoms with Crippen LogP contribution in [0.25, 0.3) is 0 Å². The molecular formula is C20H25NO. The van der Waals surface area contributed by atoms with Gasteiger partial charge in [-0.3, -0.25) is 0 Å². The highest BCUT2D eigenvalue weighted by Crippen LogP contribution is 2.26. The maximum atomic E-state index is 5.86. The largest absolute Gasteiger partial charge is 0.493 e. The summed E-state index contributed by atoms with van der Waals surface area (Å²) < 4.78 is 5.86. The van der Waals surface area contributed by atoms with E-state index in [1.165, 1.54) is 27.8 Å². The number of nitrogens with one attached hydrogen (secondary N) is 1. The van der Waals surface area contributed by atoms with E-state index >= 15 is 0 Å². The minimum atomic E-state index is 0.556. The molecule has 1 aliphatic heterocycles. The van der Waals surface area contributed by atoms with Crippen molar-refractivity contribution in [1.29, 1.82) is 0 Å². The lowest BCUT2D eigenvalue weighted by Gasteiger charge is -2.25. The van der Waals surface area contributed by atoms with Gasteiger partial charge in [-0.1, -0.05) is 35.9 Å². The lowest BCUT2D eigenvalue weighted by molar-refractivity contribution is 0.218. The van der Waals surface area contributed by atoms with Gasteiger partial charge in [-0.25, -0.2) is 0 Å². The average molecular weight is 295 g/mol. The molecule has 0 bridgehead atoms. The Morgan fingerprint density at radius 3 is 2.59 bits per heavy atom. The van der Waals surface area contributed by atoms with Crippen molar-refractivity contribution >= 4 is 0 Å². The lowest BCUT2D eigenvalue weighted by Crippen LogP contribution is -2.31. The molecule has 1 aliphatic rings. The van der Waals surface area contributed by atoms with Crippen LogP contribution in [0.4, 0.5) is 0 Å². The van der Waals surface area contributed by atoms with E-state index in [0.29, 0.717) is 5.92 Å². The van der Waals surface area contributed by atoms with Crippen LogP contribution in [0, 0.1) is 26.7 Å². The summed E-state index contributed by atoms with van der Waals surface area (Å²) in [6.45, 7) is 9.33. The van der Waals surface area contributed by atoms with Crippen LogP contribution in [0.5, 0.6) is 5.75 Å². The molecule has 0 aliphatic carbocycles. The standard InChI is InChI=1S/C20H25NO/c1-14-8-15(2)19(16(3)9-14)12-21-11-17-10-18-6-4-5-7-20(18)22-13-17/h4-9,17,21H,10-13H2,1-3H3. The number of benzene rings is 2. The Balaban J connectivity index is 1.56. The Morgan fingerprint density at radius 2 is 1.82 bits per heavy atom. The Morgan fingerprint density at radius 1 is 1.09 bits per heavy atom.